The Bertz CT molecular complexity index is 1310. The number of benzene rings is 4. The van der Waals surface area contributed by atoms with Gasteiger partial charge in [-0.15, -0.1) is 0 Å². The molecule has 0 saturated carbocycles. The molecule has 2 amide bonds. The fourth-order valence-electron chi connectivity index (χ4n) is 3.22. The van der Waals surface area contributed by atoms with Crippen LogP contribution in [0.1, 0.15) is 10.4 Å². The first-order chi connectivity index (χ1) is 15.9. The van der Waals surface area contributed by atoms with Crippen LogP contribution < -0.4 is 15.4 Å². The van der Waals surface area contributed by atoms with E-state index >= 15 is 0 Å². The second-order valence-electron chi connectivity index (χ2n) is 7.09. The standard InChI is InChI=1S/C25H17Cl3N2O3/c26-17-12-20(27)24(21(28)13-17)30-25(32)16-8-10-18(11-9-16)33-14-23(31)29-22-7-3-5-15-4-1-2-6-19(15)22/h1-13H,14H2,(H,29,31)(H,30,32). The molecule has 33 heavy (non-hydrogen) atoms. The van der Waals surface area contributed by atoms with Crippen LogP contribution in [0.25, 0.3) is 10.8 Å². The third kappa shape index (κ3) is 5.57. The average Bonchev–Trinajstić information content (AvgIpc) is 2.80. The highest BCUT2D eigenvalue weighted by Gasteiger charge is 2.13. The maximum absolute atomic E-state index is 12.5. The van der Waals surface area contributed by atoms with Crippen molar-refractivity contribution in [1.29, 1.82) is 0 Å². The Kier molecular flexibility index (Phi) is 7.04. The van der Waals surface area contributed by atoms with E-state index in [4.69, 9.17) is 39.5 Å². The highest BCUT2D eigenvalue weighted by atomic mass is 35.5. The minimum atomic E-state index is -0.402. The van der Waals surface area contributed by atoms with Crippen molar-refractivity contribution in [2.45, 2.75) is 0 Å². The summed E-state index contributed by atoms with van der Waals surface area (Å²) in [5.74, 6) is -0.247. The van der Waals surface area contributed by atoms with Crippen molar-refractivity contribution < 1.29 is 14.3 Å². The van der Waals surface area contributed by atoms with Crippen molar-refractivity contribution >= 4 is 68.8 Å². The third-order valence-electron chi connectivity index (χ3n) is 4.80. The van der Waals surface area contributed by atoms with Crippen LogP contribution >= 0.6 is 34.8 Å². The molecule has 4 aromatic carbocycles. The van der Waals surface area contributed by atoms with Crippen LogP contribution in [0.4, 0.5) is 11.4 Å². The van der Waals surface area contributed by atoms with Crippen LogP contribution in [-0.4, -0.2) is 18.4 Å². The quantitative estimate of drug-likeness (QED) is 0.298. The molecule has 0 aliphatic carbocycles. The van der Waals surface area contributed by atoms with Crippen LogP contribution in [0.5, 0.6) is 5.75 Å². The molecule has 0 atom stereocenters. The third-order valence-corrected chi connectivity index (χ3v) is 5.61. The molecule has 0 fully saturated rings. The molecule has 4 rings (SSSR count). The van der Waals surface area contributed by atoms with Gasteiger partial charge in [0, 0.05) is 21.7 Å². The average molecular weight is 500 g/mol. The summed E-state index contributed by atoms with van der Waals surface area (Å²) in [5.41, 5.74) is 1.36. The van der Waals surface area contributed by atoms with Crippen LogP contribution in [0.15, 0.2) is 78.9 Å². The topological polar surface area (TPSA) is 67.4 Å². The highest BCUT2D eigenvalue weighted by Crippen LogP contribution is 2.34. The summed E-state index contributed by atoms with van der Waals surface area (Å²) >= 11 is 18.1. The van der Waals surface area contributed by atoms with Crippen LogP contribution in [0.3, 0.4) is 0 Å². The minimum Gasteiger partial charge on any atom is -0.484 e. The molecule has 0 aliphatic heterocycles. The van der Waals surface area contributed by atoms with E-state index in [9.17, 15) is 9.59 Å². The number of rotatable bonds is 6. The summed E-state index contributed by atoms with van der Waals surface area (Å²) in [6.07, 6.45) is 0. The molecule has 2 N–H and O–H groups in total. The molecule has 8 heteroatoms. The number of carbonyl (C=O) groups is 2. The largest absolute Gasteiger partial charge is 0.484 e. The Morgan fingerprint density at radius 3 is 2.18 bits per heavy atom. The zero-order valence-electron chi connectivity index (χ0n) is 17.1. The van der Waals surface area contributed by atoms with Gasteiger partial charge in [0.15, 0.2) is 6.61 Å². The Hall–Kier alpha value is -3.25. The van der Waals surface area contributed by atoms with Crippen molar-refractivity contribution in [1.82, 2.24) is 0 Å². The second-order valence-corrected chi connectivity index (χ2v) is 8.34. The van der Waals surface area contributed by atoms with Gasteiger partial charge in [-0.05, 0) is 47.9 Å². The molecule has 0 bridgehead atoms. The Morgan fingerprint density at radius 1 is 0.788 bits per heavy atom. The maximum atomic E-state index is 12.5. The highest BCUT2D eigenvalue weighted by molar-refractivity contribution is 6.42. The number of halogens is 3. The number of fused-ring (bicyclic) bond motifs is 1. The number of hydrogen-bond acceptors (Lipinski definition) is 3. The van der Waals surface area contributed by atoms with Crippen LogP contribution in [0.2, 0.25) is 15.1 Å². The second kappa shape index (κ2) is 10.1. The number of carbonyl (C=O) groups excluding carboxylic acids is 2. The fourth-order valence-corrected chi connectivity index (χ4v) is 4.13. The number of hydrogen-bond donors (Lipinski definition) is 2. The summed E-state index contributed by atoms with van der Waals surface area (Å²) in [6, 6.07) is 22.8. The Balaban J connectivity index is 1.36. The van der Waals surface area contributed by atoms with E-state index < -0.39 is 5.91 Å². The first-order valence-corrected chi connectivity index (χ1v) is 11.0. The van der Waals surface area contributed by atoms with Gasteiger partial charge in [-0.2, -0.15) is 0 Å². The van der Waals surface area contributed by atoms with Crippen molar-refractivity contribution in [3.05, 3.63) is 99.5 Å². The minimum absolute atomic E-state index is 0.176. The van der Waals surface area contributed by atoms with Gasteiger partial charge in [0.2, 0.25) is 0 Å². The molecule has 5 nitrogen and oxygen atoms in total. The Labute approximate surface area is 205 Å². The van der Waals surface area contributed by atoms with Gasteiger partial charge in [-0.3, -0.25) is 9.59 Å². The lowest BCUT2D eigenvalue weighted by atomic mass is 10.1. The molecular formula is C25H17Cl3N2O3. The summed E-state index contributed by atoms with van der Waals surface area (Å²) < 4.78 is 5.56. The monoisotopic (exact) mass is 498 g/mol. The van der Waals surface area contributed by atoms with E-state index in [0.717, 1.165) is 10.8 Å². The van der Waals surface area contributed by atoms with Gasteiger partial charge in [0.1, 0.15) is 5.75 Å². The molecule has 0 aromatic heterocycles. The first kappa shape index (κ1) is 22.9. The van der Waals surface area contributed by atoms with E-state index in [1.165, 1.54) is 12.1 Å². The smallest absolute Gasteiger partial charge is 0.262 e. The molecule has 0 heterocycles. The SMILES string of the molecule is O=C(COc1ccc(C(=O)Nc2c(Cl)cc(Cl)cc2Cl)cc1)Nc1cccc2ccccc12. The van der Waals surface area contributed by atoms with Crippen LogP contribution in [-0.2, 0) is 4.79 Å². The van der Waals surface area contributed by atoms with Gasteiger partial charge in [-0.1, -0.05) is 71.2 Å². The molecule has 0 radical (unpaired) electrons. The van der Waals surface area contributed by atoms with E-state index in [1.54, 1.807) is 24.3 Å². The zero-order valence-corrected chi connectivity index (χ0v) is 19.3. The van der Waals surface area contributed by atoms with Gasteiger partial charge < -0.3 is 15.4 Å². The molecule has 4 aromatic rings. The van der Waals surface area contributed by atoms with Crippen molar-refractivity contribution in [3.8, 4) is 5.75 Å². The molecular weight excluding hydrogens is 483 g/mol. The number of ether oxygens (including phenoxy) is 1. The van der Waals surface area contributed by atoms with E-state index in [2.05, 4.69) is 10.6 Å². The summed E-state index contributed by atoms with van der Waals surface area (Å²) in [4.78, 5) is 24.9. The van der Waals surface area contributed by atoms with Gasteiger partial charge in [0.05, 0.1) is 15.7 Å². The van der Waals surface area contributed by atoms with Crippen molar-refractivity contribution in [2.24, 2.45) is 0 Å². The Morgan fingerprint density at radius 2 is 1.45 bits per heavy atom. The summed E-state index contributed by atoms with van der Waals surface area (Å²) in [7, 11) is 0. The molecule has 0 unspecified atom stereocenters. The van der Waals surface area contributed by atoms with Crippen molar-refractivity contribution in [2.75, 3.05) is 17.2 Å². The van der Waals surface area contributed by atoms with E-state index in [1.807, 2.05) is 42.5 Å². The normalized spacial score (nSPS) is 10.6. The van der Waals surface area contributed by atoms with E-state index in [-0.39, 0.29) is 28.2 Å². The predicted octanol–water partition coefficient (Wildman–Crippen LogP) is 7.07. The lowest BCUT2D eigenvalue weighted by Gasteiger charge is -2.11. The fraction of sp³-hybridized carbons (Fsp3) is 0.0400. The summed E-state index contributed by atoms with van der Waals surface area (Å²) in [5, 5.41) is 8.35. The first-order valence-electron chi connectivity index (χ1n) is 9.87. The number of nitrogens with one attached hydrogen (secondary N) is 2. The van der Waals surface area contributed by atoms with Crippen molar-refractivity contribution in [3.63, 3.8) is 0 Å². The molecule has 0 spiro atoms. The molecule has 166 valence electrons. The van der Waals surface area contributed by atoms with E-state index in [0.29, 0.717) is 22.0 Å². The molecule has 0 saturated heterocycles. The number of amides is 2. The predicted molar refractivity (Wildman–Crippen MR) is 134 cm³/mol. The lowest BCUT2D eigenvalue weighted by Crippen LogP contribution is -2.20. The number of anilines is 2. The maximum Gasteiger partial charge on any atom is 0.262 e. The summed E-state index contributed by atoms with van der Waals surface area (Å²) in [6.45, 7) is -0.176. The van der Waals surface area contributed by atoms with Gasteiger partial charge >= 0.3 is 0 Å². The lowest BCUT2D eigenvalue weighted by molar-refractivity contribution is -0.118. The zero-order chi connectivity index (χ0) is 23.4. The van der Waals surface area contributed by atoms with Crippen LogP contribution in [0, 0.1) is 0 Å². The molecule has 0 aliphatic rings. The van der Waals surface area contributed by atoms with Gasteiger partial charge in [0.25, 0.3) is 11.8 Å². The van der Waals surface area contributed by atoms with Gasteiger partial charge in [-0.25, -0.2) is 0 Å².